The van der Waals surface area contributed by atoms with Gasteiger partial charge < -0.3 is 19.1 Å². The highest BCUT2D eigenvalue weighted by molar-refractivity contribution is 6.04. The molecular formula is C28H25N3O4. The number of aliphatic carboxylic acids is 1. The molecule has 7 heteroatoms. The molecule has 3 aromatic heterocycles. The first-order valence-corrected chi connectivity index (χ1v) is 11.5. The number of ether oxygens (including phenoxy) is 2. The Morgan fingerprint density at radius 3 is 2.11 bits per heavy atom. The van der Waals surface area contributed by atoms with Gasteiger partial charge in [-0.25, -0.2) is 14.8 Å². The van der Waals surface area contributed by atoms with Gasteiger partial charge in [0.15, 0.2) is 6.10 Å². The first kappa shape index (κ1) is 22.6. The van der Waals surface area contributed by atoms with Crippen LogP contribution in [0.3, 0.4) is 0 Å². The Morgan fingerprint density at radius 2 is 1.49 bits per heavy atom. The van der Waals surface area contributed by atoms with E-state index in [0.29, 0.717) is 18.9 Å². The maximum Gasteiger partial charge on any atom is 0.333 e. The lowest BCUT2D eigenvalue weighted by molar-refractivity contribution is -0.151. The standard InChI is InChI=1S/C28H25N3O4/c32-28(33)25(35-19-21-6-2-1-3-7-21)18-20-10-12-22(13-11-20)34-17-16-31-26-23(8-4-14-29-26)24-9-5-15-30-27(24)31/h1-15,25H,16-19H2,(H,32,33). The fraction of sp³-hybridized carbons (Fsp3) is 0.179. The van der Waals surface area contributed by atoms with Crippen molar-refractivity contribution in [3.05, 3.63) is 102 Å². The number of benzene rings is 2. The Bertz CT molecular complexity index is 1380. The van der Waals surface area contributed by atoms with E-state index in [1.807, 2.05) is 66.7 Å². The molecule has 0 fully saturated rings. The number of carbonyl (C=O) groups is 1. The zero-order chi connectivity index (χ0) is 24.0. The molecule has 0 bridgehead atoms. The lowest BCUT2D eigenvalue weighted by Gasteiger charge is -2.14. The largest absolute Gasteiger partial charge is 0.492 e. The van der Waals surface area contributed by atoms with Crippen molar-refractivity contribution < 1.29 is 19.4 Å². The Labute approximate surface area is 202 Å². The van der Waals surface area contributed by atoms with Crippen molar-refractivity contribution in [3.63, 3.8) is 0 Å². The second-order valence-electron chi connectivity index (χ2n) is 8.22. The van der Waals surface area contributed by atoms with Gasteiger partial charge in [0, 0.05) is 29.6 Å². The molecule has 5 aromatic rings. The number of pyridine rings is 2. The molecule has 1 N–H and O–H groups in total. The van der Waals surface area contributed by atoms with Crippen LogP contribution in [-0.4, -0.2) is 38.3 Å². The molecular weight excluding hydrogens is 442 g/mol. The molecule has 3 heterocycles. The molecule has 2 aromatic carbocycles. The number of carboxylic acids is 1. The second-order valence-corrected chi connectivity index (χ2v) is 8.22. The summed E-state index contributed by atoms with van der Waals surface area (Å²) < 4.78 is 13.7. The minimum Gasteiger partial charge on any atom is -0.492 e. The van der Waals surface area contributed by atoms with Crippen LogP contribution in [0, 0.1) is 0 Å². The van der Waals surface area contributed by atoms with E-state index < -0.39 is 12.1 Å². The summed E-state index contributed by atoms with van der Waals surface area (Å²) in [6.45, 7) is 1.30. The van der Waals surface area contributed by atoms with E-state index in [4.69, 9.17) is 9.47 Å². The molecule has 0 aliphatic heterocycles. The number of hydrogen-bond donors (Lipinski definition) is 1. The Morgan fingerprint density at radius 1 is 0.829 bits per heavy atom. The first-order valence-electron chi connectivity index (χ1n) is 11.5. The van der Waals surface area contributed by atoms with Gasteiger partial charge in [0.05, 0.1) is 13.2 Å². The van der Waals surface area contributed by atoms with Gasteiger partial charge in [-0.3, -0.25) is 0 Å². The molecule has 35 heavy (non-hydrogen) atoms. The fourth-order valence-corrected chi connectivity index (χ4v) is 4.14. The summed E-state index contributed by atoms with van der Waals surface area (Å²) in [4.78, 5) is 20.7. The summed E-state index contributed by atoms with van der Waals surface area (Å²) in [5, 5.41) is 11.7. The van der Waals surface area contributed by atoms with Gasteiger partial charge in [0.1, 0.15) is 23.7 Å². The van der Waals surface area contributed by atoms with Gasteiger partial charge in [-0.05, 0) is 47.5 Å². The van der Waals surface area contributed by atoms with Gasteiger partial charge in [0.25, 0.3) is 0 Å². The Kier molecular flexibility index (Phi) is 6.68. The minimum atomic E-state index is -0.977. The van der Waals surface area contributed by atoms with E-state index >= 15 is 0 Å². The van der Waals surface area contributed by atoms with Crippen LogP contribution >= 0.6 is 0 Å². The molecule has 0 saturated heterocycles. The van der Waals surface area contributed by atoms with Crippen molar-refractivity contribution in [2.45, 2.75) is 25.7 Å². The summed E-state index contributed by atoms with van der Waals surface area (Å²) in [7, 11) is 0. The third kappa shape index (κ3) is 5.15. The fourth-order valence-electron chi connectivity index (χ4n) is 4.14. The lowest BCUT2D eigenvalue weighted by Crippen LogP contribution is -2.26. The smallest absolute Gasteiger partial charge is 0.333 e. The number of nitrogens with zero attached hydrogens (tertiary/aromatic N) is 3. The highest BCUT2D eigenvalue weighted by Gasteiger charge is 2.19. The summed E-state index contributed by atoms with van der Waals surface area (Å²) in [5.74, 6) is -0.262. The van der Waals surface area contributed by atoms with E-state index in [9.17, 15) is 9.90 Å². The predicted octanol–water partition coefficient (Wildman–Crippen LogP) is 4.88. The molecule has 0 radical (unpaired) electrons. The highest BCUT2D eigenvalue weighted by Crippen LogP contribution is 2.25. The van der Waals surface area contributed by atoms with Crippen LogP contribution in [-0.2, 0) is 29.1 Å². The van der Waals surface area contributed by atoms with E-state index in [1.165, 1.54) is 0 Å². The van der Waals surface area contributed by atoms with Gasteiger partial charge in [-0.1, -0.05) is 42.5 Å². The highest BCUT2D eigenvalue weighted by atomic mass is 16.5. The van der Waals surface area contributed by atoms with E-state index in [1.54, 1.807) is 12.4 Å². The third-order valence-electron chi connectivity index (χ3n) is 5.87. The summed E-state index contributed by atoms with van der Waals surface area (Å²) in [6.07, 6.45) is 2.93. The zero-order valence-corrected chi connectivity index (χ0v) is 19.1. The molecule has 1 atom stereocenters. The molecule has 176 valence electrons. The van der Waals surface area contributed by atoms with Gasteiger partial charge >= 0.3 is 5.97 Å². The summed E-state index contributed by atoms with van der Waals surface area (Å²) >= 11 is 0. The molecule has 0 spiro atoms. The van der Waals surface area contributed by atoms with Crippen molar-refractivity contribution in [1.29, 1.82) is 0 Å². The van der Waals surface area contributed by atoms with Crippen LogP contribution in [0.5, 0.6) is 5.75 Å². The topological polar surface area (TPSA) is 86.5 Å². The van der Waals surface area contributed by atoms with Crippen LogP contribution < -0.4 is 4.74 Å². The van der Waals surface area contributed by atoms with E-state index in [-0.39, 0.29) is 13.0 Å². The van der Waals surface area contributed by atoms with Crippen LogP contribution in [0.1, 0.15) is 11.1 Å². The van der Waals surface area contributed by atoms with Gasteiger partial charge in [-0.2, -0.15) is 0 Å². The zero-order valence-electron chi connectivity index (χ0n) is 19.1. The van der Waals surface area contributed by atoms with Crippen molar-refractivity contribution in [3.8, 4) is 5.75 Å². The molecule has 5 rings (SSSR count). The van der Waals surface area contributed by atoms with Crippen LogP contribution in [0.15, 0.2) is 91.3 Å². The maximum absolute atomic E-state index is 11.7. The average molecular weight is 468 g/mol. The van der Waals surface area contributed by atoms with E-state index in [0.717, 1.165) is 33.2 Å². The van der Waals surface area contributed by atoms with Crippen molar-refractivity contribution in [2.75, 3.05) is 6.61 Å². The Balaban J connectivity index is 1.20. The van der Waals surface area contributed by atoms with Gasteiger partial charge in [-0.15, -0.1) is 0 Å². The first-order chi connectivity index (χ1) is 17.2. The monoisotopic (exact) mass is 467 g/mol. The average Bonchev–Trinajstić information content (AvgIpc) is 3.22. The number of aromatic nitrogens is 3. The van der Waals surface area contributed by atoms with Crippen molar-refractivity contribution in [1.82, 2.24) is 14.5 Å². The Hall–Kier alpha value is -4.23. The van der Waals surface area contributed by atoms with Crippen LogP contribution in [0.4, 0.5) is 0 Å². The minimum absolute atomic E-state index is 0.255. The number of hydrogen-bond acceptors (Lipinski definition) is 5. The molecule has 0 amide bonds. The molecule has 0 aliphatic carbocycles. The second kappa shape index (κ2) is 10.4. The predicted molar refractivity (Wildman–Crippen MR) is 133 cm³/mol. The van der Waals surface area contributed by atoms with Crippen molar-refractivity contribution in [2.24, 2.45) is 0 Å². The van der Waals surface area contributed by atoms with Gasteiger partial charge in [0.2, 0.25) is 0 Å². The number of fused-ring (bicyclic) bond motifs is 3. The van der Waals surface area contributed by atoms with Crippen molar-refractivity contribution >= 4 is 28.0 Å². The summed E-state index contributed by atoms with van der Waals surface area (Å²) in [5.41, 5.74) is 3.58. The molecule has 1 unspecified atom stereocenters. The normalized spacial score (nSPS) is 12.1. The maximum atomic E-state index is 11.7. The molecule has 0 saturated carbocycles. The van der Waals surface area contributed by atoms with E-state index in [2.05, 4.69) is 26.7 Å². The number of rotatable bonds is 10. The summed E-state index contributed by atoms with van der Waals surface area (Å²) in [6, 6.07) is 25.0. The third-order valence-corrected chi connectivity index (χ3v) is 5.87. The van der Waals surface area contributed by atoms with Crippen LogP contribution in [0.25, 0.3) is 22.1 Å². The number of carboxylic acid groups (broad SMARTS) is 1. The molecule has 7 nitrogen and oxygen atoms in total. The van der Waals surface area contributed by atoms with Crippen LogP contribution in [0.2, 0.25) is 0 Å². The molecule has 0 aliphatic rings. The lowest BCUT2D eigenvalue weighted by atomic mass is 10.1. The quantitative estimate of drug-likeness (QED) is 0.315. The SMILES string of the molecule is O=C(O)C(Cc1ccc(OCCn2c3ncccc3c3cccnc32)cc1)OCc1ccccc1.